The van der Waals surface area contributed by atoms with Crippen molar-refractivity contribution < 1.29 is 18.7 Å². The third-order valence-corrected chi connectivity index (χ3v) is 4.01. The predicted molar refractivity (Wildman–Crippen MR) is 78.6 cm³/mol. The van der Waals surface area contributed by atoms with E-state index in [4.69, 9.17) is 4.74 Å². The zero-order valence-electron chi connectivity index (χ0n) is 12.4. The van der Waals surface area contributed by atoms with Gasteiger partial charge in [-0.15, -0.1) is 0 Å². The number of halogens is 1. The molecule has 0 N–H and O–H groups in total. The van der Waals surface area contributed by atoms with Crippen LogP contribution in [0.2, 0.25) is 0 Å². The van der Waals surface area contributed by atoms with Crippen molar-refractivity contribution in [2.45, 2.75) is 18.8 Å². The first kappa shape index (κ1) is 14.5. The lowest BCUT2D eigenvalue weighted by Gasteiger charge is -2.07. The van der Waals surface area contributed by atoms with Gasteiger partial charge in [0.15, 0.2) is 0 Å². The van der Waals surface area contributed by atoms with E-state index >= 15 is 0 Å². The molecule has 2 aromatic rings. The summed E-state index contributed by atoms with van der Waals surface area (Å²) in [6.07, 6.45) is 1.97. The summed E-state index contributed by atoms with van der Waals surface area (Å²) in [6, 6.07) is 7.53. The number of ketones is 1. The summed E-state index contributed by atoms with van der Waals surface area (Å²) in [7, 11) is 2.94. The molecule has 5 heteroatoms. The molecule has 4 nitrogen and oxygen atoms in total. The second kappa shape index (κ2) is 5.40. The van der Waals surface area contributed by atoms with Crippen LogP contribution in [0.15, 0.2) is 30.3 Å². The van der Waals surface area contributed by atoms with Crippen molar-refractivity contribution in [3.63, 3.8) is 0 Å². The third-order valence-electron chi connectivity index (χ3n) is 4.01. The van der Waals surface area contributed by atoms with E-state index in [9.17, 15) is 14.0 Å². The Labute approximate surface area is 127 Å². The molecule has 1 aliphatic rings. The molecule has 1 aromatic heterocycles. The van der Waals surface area contributed by atoms with E-state index in [1.54, 1.807) is 19.2 Å². The molecule has 0 spiro atoms. The molecule has 114 valence electrons. The lowest BCUT2D eigenvalue weighted by Crippen LogP contribution is -2.14. The zero-order chi connectivity index (χ0) is 15.9. The van der Waals surface area contributed by atoms with Crippen LogP contribution in [-0.2, 0) is 11.8 Å². The van der Waals surface area contributed by atoms with E-state index < -0.39 is 17.6 Å². The fraction of sp³-hybridized carbons (Fsp3) is 0.294. The van der Waals surface area contributed by atoms with Gasteiger partial charge >= 0.3 is 5.97 Å². The monoisotopic (exact) mass is 301 g/mol. The Morgan fingerprint density at radius 2 is 1.95 bits per heavy atom. The van der Waals surface area contributed by atoms with Crippen LogP contribution in [0.5, 0.6) is 0 Å². The highest BCUT2D eigenvalue weighted by Gasteiger charge is 2.33. The van der Waals surface area contributed by atoms with Crippen LogP contribution in [0.1, 0.15) is 50.9 Å². The van der Waals surface area contributed by atoms with Gasteiger partial charge in [0.2, 0.25) is 5.78 Å². The standard InChI is InChI=1S/C17H16FNO3/c1-19-14(16(20)11-5-3-4-6-13(11)18)9-12(10-7-8-10)15(19)17(21)22-2/h3-6,9-10H,7-8H2,1-2H3. The maximum absolute atomic E-state index is 13.8. The quantitative estimate of drug-likeness (QED) is 0.644. The maximum atomic E-state index is 13.8. The first-order valence-corrected chi connectivity index (χ1v) is 7.11. The number of ether oxygens (including phenoxy) is 1. The summed E-state index contributed by atoms with van der Waals surface area (Å²) in [5.41, 5.74) is 1.49. The fourth-order valence-electron chi connectivity index (χ4n) is 2.68. The van der Waals surface area contributed by atoms with Gasteiger partial charge in [-0.3, -0.25) is 4.79 Å². The van der Waals surface area contributed by atoms with E-state index in [-0.39, 0.29) is 11.5 Å². The summed E-state index contributed by atoms with van der Waals surface area (Å²) in [4.78, 5) is 24.6. The molecule has 1 heterocycles. The predicted octanol–water partition coefficient (Wildman–Crippen LogP) is 3.06. The van der Waals surface area contributed by atoms with Crippen molar-refractivity contribution in [2.24, 2.45) is 7.05 Å². The van der Waals surface area contributed by atoms with Gasteiger partial charge in [0.25, 0.3) is 0 Å². The smallest absolute Gasteiger partial charge is 0.354 e. The lowest BCUT2D eigenvalue weighted by molar-refractivity contribution is 0.0588. The van der Waals surface area contributed by atoms with Crippen LogP contribution >= 0.6 is 0 Å². The molecule has 0 amide bonds. The Morgan fingerprint density at radius 3 is 2.55 bits per heavy atom. The van der Waals surface area contributed by atoms with Crippen LogP contribution in [0, 0.1) is 5.82 Å². The Balaban J connectivity index is 2.10. The van der Waals surface area contributed by atoms with Gasteiger partial charge in [-0.05, 0) is 42.5 Å². The van der Waals surface area contributed by atoms with Crippen molar-refractivity contribution in [1.82, 2.24) is 4.57 Å². The molecule has 0 saturated heterocycles. The Bertz CT molecular complexity index is 759. The highest BCUT2D eigenvalue weighted by atomic mass is 19.1. The topological polar surface area (TPSA) is 48.3 Å². The molecule has 1 fully saturated rings. The fourth-order valence-corrected chi connectivity index (χ4v) is 2.68. The van der Waals surface area contributed by atoms with Crippen molar-refractivity contribution in [3.8, 4) is 0 Å². The molecular formula is C17H16FNO3. The van der Waals surface area contributed by atoms with Gasteiger partial charge in [-0.25, -0.2) is 9.18 Å². The van der Waals surface area contributed by atoms with E-state index in [0.717, 1.165) is 18.4 Å². The first-order chi connectivity index (χ1) is 10.5. The maximum Gasteiger partial charge on any atom is 0.354 e. The molecule has 3 rings (SSSR count). The molecule has 0 radical (unpaired) electrons. The number of benzene rings is 1. The van der Waals surface area contributed by atoms with Gasteiger partial charge in [0, 0.05) is 7.05 Å². The van der Waals surface area contributed by atoms with E-state index in [1.807, 2.05) is 0 Å². The SMILES string of the molecule is COC(=O)c1c(C2CC2)cc(C(=O)c2ccccc2F)n1C. The van der Waals surface area contributed by atoms with E-state index in [2.05, 4.69) is 0 Å². The minimum Gasteiger partial charge on any atom is -0.464 e. The molecule has 0 atom stereocenters. The highest BCUT2D eigenvalue weighted by molar-refractivity contribution is 6.09. The molecule has 0 bridgehead atoms. The van der Waals surface area contributed by atoms with Crippen LogP contribution in [0.3, 0.4) is 0 Å². The first-order valence-electron chi connectivity index (χ1n) is 7.11. The minimum atomic E-state index is -0.568. The van der Waals surface area contributed by atoms with Crippen molar-refractivity contribution in [3.05, 3.63) is 58.7 Å². The molecule has 22 heavy (non-hydrogen) atoms. The number of aromatic nitrogens is 1. The second-order valence-corrected chi connectivity index (χ2v) is 5.47. The number of rotatable bonds is 4. The summed E-state index contributed by atoms with van der Waals surface area (Å²) < 4.78 is 20.2. The number of esters is 1. The van der Waals surface area contributed by atoms with Crippen molar-refractivity contribution in [2.75, 3.05) is 7.11 Å². The second-order valence-electron chi connectivity index (χ2n) is 5.47. The van der Waals surface area contributed by atoms with Crippen LogP contribution < -0.4 is 0 Å². The zero-order valence-corrected chi connectivity index (χ0v) is 12.4. The number of nitrogens with zero attached hydrogens (tertiary/aromatic N) is 1. The van der Waals surface area contributed by atoms with Crippen LogP contribution in [0.25, 0.3) is 0 Å². The van der Waals surface area contributed by atoms with Gasteiger partial charge in [-0.2, -0.15) is 0 Å². The summed E-state index contributed by atoms with van der Waals surface area (Å²) in [5.74, 6) is -1.20. The number of methoxy groups -OCH3 is 1. The van der Waals surface area contributed by atoms with Gasteiger partial charge in [0.05, 0.1) is 18.4 Å². The normalized spacial score (nSPS) is 14.0. The largest absolute Gasteiger partial charge is 0.464 e. The number of hydrogen-bond acceptors (Lipinski definition) is 3. The Morgan fingerprint density at radius 1 is 1.27 bits per heavy atom. The summed E-state index contributed by atoms with van der Waals surface area (Å²) in [6.45, 7) is 0. The molecular weight excluding hydrogens is 285 g/mol. The van der Waals surface area contributed by atoms with Crippen molar-refractivity contribution in [1.29, 1.82) is 0 Å². The minimum absolute atomic E-state index is 0.00172. The van der Waals surface area contributed by atoms with Crippen LogP contribution in [-0.4, -0.2) is 23.4 Å². The molecule has 0 aliphatic heterocycles. The number of carbonyl (C=O) groups is 2. The van der Waals surface area contributed by atoms with Gasteiger partial charge in [0.1, 0.15) is 11.5 Å². The average Bonchev–Trinajstić information content (AvgIpc) is 3.30. The van der Waals surface area contributed by atoms with E-state index in [0.29, 0.717) is 11.4 Å². The third kappa shape index (κ3) is 2.32. The summed E-state index contributed by atoms with van der Waals surface area (Å²) >= 11 is 0. The van der Waals surface area contributed by atoms with Gasteiger partial charge < -0.3 is 9.30 Å². The molecule has 0 unspecified atom stereocenters. The highest BCUT2D eigenvalue weighted by Crippen LogP contribution is 2.43. The lowest BCUT2D eigenvalue weighted by atomic mass is 10.1. The number of hydrogen-bond donors (Lipinski definition) is 0. The van der Waals surface area contributed by atoms with Crippen molar-refractivity contribution >= 4 is 11.8 Å². The molecule has 1 saturated carbocycles. The molecule has 1 aromatic carbocycles. The van der Waals surface area contributed by atoms with E-state index in [1.165, 1.54) is 29.9 Å². The Hall–Kier alpha value is -2.43. The number of carbonyl (C=O) groups excluding carboxylic acids is 2. The average molecular weight is 301 g/mol. The van der Waals surface area contributed by atoms with Crippen LogP contribution in [0.4, 0.5) is 4.39 Å². The molecule has 1 aliphatic carbocycles. The summed E-state index contributed by atoms with van der Waals surface area (Å²) in [5, 5.41) is 0. The Kier molecular flexibility index (Phi) is 3.56. The van der Waals surface area contributed by atoms with Gasteiger partial charge in [-0.1, -0.05) is 12.1 Å².